The van der Waals surface area contributed by atoms with E-state index in [-0.39, 0.29) is 11.1 Å². The van der Waals surface area contributed by atoms with E-state index < -0.39 is 29.7 Å². The van der Waals surface area contributed by atoms with Crippen molar-refractivity contribution in [2.75, 3.05) is 0 Å². The minimum absolute atomic E-state index is 0.236. The van der Waals surface area contributed by atoms with E-state index in [9.17, 15) is 23.9 Å². The topological polar surface area (TPSA) is 88.4 Å². The number of benzene rings is 1. The fourth-order valence-corrected chi connectivity index (χ4v) is 3.10. The van der Waals surface area contributed by atoms with Crippen molar-refractivity contribution in [2.45, 2.75) is 25.3 Å². The lowest BCUT2D eigenvalue weighted by Crippen LogP contribution is -2.40. The molecule has 2 aromatic rings. The lowest BCUT2D eigenvalue weighted by molar-refractivity contribution is -0.142. The number of hydrogen-bond acceptors (Lipinski definition) is 3. The number of hydrogen-bond donors (Lipinski definition) is 2. The third-order valence-electron chi connectivity index (χ3n) is 4.43. The highest BCUT2D eigenvalue weighted by molar-refractivity contribution is 5.94. The van der Waals surface area contributed by atoms with Crippen molar-refractivity contribution in [3.63, 3.8) is 0 Å². The molecular weight excluding hydrogens is 327 g/mol. The lowest BCUT2D eigenvalue weighted by Gasteiger charge is -2.18. The third-order valence-corrected chi connectivity index (χ3v) is 4.43. The highest BCUT2D eigenvalue weighted by atomic mass is 19.1. The van der Waals surface area contributed by atoms with Crippen LogP contribution in [0, 0.1) is 11.7 Å². The van der Waals surface area contributed by atoms with Crippen LogP contribution in [0.4, 0.5) is 4.39 Å². The second-order valence-corrected chi connectivity index (χ2v) is 6.06. The van der Waals surface area contributed by atoms with Crippen LogP contribution < -0.4 is 10.9 Å². The summed E-state index contributed by atoms with van der Waals surface area (Å²) in [6.45, 7) is 0. The van der Waals surface area contributed by atoms with Crippen LogP contribution >= 0.6 is 0 Å². The maximum Gasteiger partial charge on any atom is 0.308 e. The van der Waals surface area contributed by atoms with Crippen LogP contribution in [0.1, 0.15) is 29.6 Å². The Labute approximate surface area is 142 Å². The van der Waals surface area contributed by atoms with Crippen LogP contribution in [-0.4, -0.2) is 27.6 Å². The molecule has 0 aliphatic heterocycles. The first-order valence-corrected chi connectivity index (χ1v) is 7.98. The van der Waals surface area contributed by atoms with E-state index in [1.54, 1.807) is 0 Å². The Bertz CT molecular complexity index is 860. The van der Waals surface area contributed by atoms with E-state index in [0.29, 0.717) is 18.5 Å². The van der Waals surface area contributed by atoms with E-state index in [0.717, 1.165) is 6.42 Å². The van der Waals surface area contributed by atoms with Crippen molar-refractivity contribution in [2.24, 2.45) is 5.92 Å². The van der Waals surface area contributed by atoms with Gasteiger partial charge in [0.05, 0.1) is 11.5 Å². The van der Waals surface area contributed by atoms with Gasteiger partial charge in [-0.2, -0.15) is 0 Å². The molecule has 6 nitrogen and oxygen atoms in total. The van der Waals surface area contributed by atoms with E-state index in [4.69, 9.17) is 0 Å². The normalized spacial score (nSPS) is 19.6. The number of amides is 1. The zero-order chi connectivity index (χ0) is 18.0. The number of carbonyl (C=O) groups is 2. The van der Waals surface area contributed by atoms with Crippen LogP contribution in [0.3, 0.4) is 0 Å². The Balaban J connectivity index is 1.84. The molecule has 2 N–H and O–H groups in total. The lowest BCUT2D eigenvalue weighted by atomic mass is 10.0. The van der Waals surface area contributed by atoms with Crippen LogP contribution in [-0.2, 0) is 4.79 Å². The number of pyridine rings is 1. The molecule has 1 heterocycles. The molecule has 7 heteroatoms. The molecule has 1 amide bonds. The Kier molecular flexibility index (Phi) is 4.65. The Morgan fingerprint density at radius 1 is 1.12 bits per heavy atom. The molecule has 1 fully saturated rings. The third kappa shape index (κ3) is 3.60. The van der Waals surface area contributed by atoms with Gasteiger partial charge in [-0.3, -0.25) is 19.0 Å². The number of nitrogens with zero attached hydrogens (tertiary/aromatic N) is 1. The summed E-state index contributed by atoms with van der Waals surface area (Å²) in [6, 6.07) is 7.56. The minimum atomic E-state index is -0.918. The number of aromatic nitrogens is 1. The van der Waals surface area contributed by atoms with E-state index in [1.807, 2.05) is 0 Å². The van der Waals surface area contributed by atoms with Gasteiger partial charge in [0.1, 0.15) is 5.82 Å². The first kappa shape index (κ1) is 16.9. The number of carboxylic acid groups (broad SMARTS) is 1. The van der Waals surface area contributed by atoms with Crippen LogP contribution in [0.15, 0.2) is 47.4 Å². The van der Waals surface area contributed by atoms with E-state index in [2.05, 4.69) is 5.32 Å². The quantitative estimate of drug-likeness (QED) is 0.887. The largest absolute Gasteiger partial charge is 0.481 e. The summed E-state index contributed by atoms with van der Waals surface area (Å²) < 4.78 is 14.3. The number of carboxylic acids is 1. The fraction of sp³-hybridized carbons (Fsp3) is 0.278. The minimum Gasteiger partial charge on any atom is -0.481 e. The summed E-state index contributed by atoms with van der Waals surface area (Å²) in [6.07, 6.45) is 3.27. The van der Waals surface area contributed by atoms with Gasteiger partial charge in [-0.1, -0.05) is 6.42 Å². The van der Waals surface area contributed by atoms with Crippen LogP contribution in [0.25, 0.3) is 5.69 Å². The first-order chi connectivity index (χ1) is 12.0. The predicted molar refractivity (Wildman–Crippen MR) is 88.2 cm³/mol. The average Bonchev–Trinajstić information content (AvgIpc) is 3.04. The molecule has 1 aromatic carbocycles. The van der Waals surface area contributed by atoms with Gasteiger partial charge in [0.25, 0.3) is 11.5 Å². The molecule has 0 unspecified atom stereocenters. The summed E-state index contributed by atoms with van der Waals surface area (Å²) in [4.78, 5) is 35.7. The van der Waals surface area contributed by atoms with Crippen molar-refractivity contribution in [3.8, 4) is 5.69 Å². The molecule has 0 bridgehead atoms. The molecule has 1 aliphatic carbocycles. The SMILES string of the molecule is O=C(N[C@H]1CCC[C@H]1C(=O)O)c1ccc(=O)n(-c2ccc(F)cc2)c1. The summed E-state index contributed by atoms with van der Waals surface area (Å²) >= 11 is 0. The molecule has 25 heavy (non-hydrogen) atoms. The average molecular weight is 344 g/mol. The first-order valence-electron chi connectivity index (χ1n) is 7.98. The van der Waals surface area contributed by atoms with Gasteiger partial charge in [0.15, 0.2) is 0 Å². The van der Waals surface area contributed by atoms with Crippen molar-refractivity contribution >= 4 is 11.9 Å². The molecule has 0 saturated heterocycles. The molecule has 2 atom stereocenters. The summed E-state index contributed by atoms with van der Waals surface area (Å²) in [5.74, 6) is -2.37. The smallest absolute Gasteiger partial charge is 0.308 e. The molecule has 3 rings (SSSR count). The number of halogens is 1. The Morgan fingerprint density at radius 2 is 1.84 bits per heavy atom. The molecule has 1 aliphatic rings. The number of nitrogens with one attached hydrogen (secondary N) is 1. The fourth-order valence-electron chi connectivity index (χ4n) is 3.10. The van der Waals surface area contributed by atoms with E-state index >= 15 is 0 Å². The van der Waals surface area contributed by atoms with Gasteiger partial charge in [0, 0.05) is 24.0 Å². The highest BCUT2D eigenvalue weighted by Crippen LogP contribution is 2.26. The van der Waals surface area contributed by atoms with Gasteiger partial charge >= 0.3 is 5.97 Å². The van der Waals surface area contributed by atoms with Crippen molar-refractivity contribution in [1.29, 1.82) is 0 Å². The zero-order valence-corrected chi connectivity index (χ0v) is 13.3. The molecule has 1 aromatic heterocycles. The van der Waals surface area contributed by atoms with Gasteiger partial charge in [-0.15, -0.1) is 0 Å². The zero-order valence-electron chi connectivity index (χ0n) is 13.3. The van der Waals surface area contributed by atoms with E-state index in [1.165, 1.54) is 47.2 Å². The number of rotatable bonds is 4. The predicted octanol–water partition coefficient (Wildman–Crippen LogP) is 1.96. The van der Waals surface area contributed by atoms with Crippen molar-refractivity contribution in [3.05, 3.63) is 64.3 Å². The highest BCUT2D eigenvalue weighted by Gasteiger charge is 2.34. The monoisotopic (exact) mass is 344 g/mol. The number of carbonyl (C=O) groups excluding carboxylic acids is 1. The molecular formula is C18H17FN2O4. The van der Waals surface area contributed by atoms with Gasteiger partial charge in [-0.25, -0.2) is 4.39 Å². The van der Waals surface area contributed by atoms with Gasteiger partial charge < -0.3 is 10.4 Å². The summed E-state index contributed by atoms with van der Waals surface area (Å²) in [7, 11) is 0. The summed E-state index contributed by atoms with van der Waals surface area (Å²) in [5.41, 5.74) is 0.317. The second-order valence-electron chi connectivity index (χ2n) is 6.06. The van der Waals surface area contributed by atoms with Gasteiger partial charge in [-0.05, 0) is 43.2 Å². The maximum absolute atomic E-state index is 13.0. The van der Waals surface area contributed by atoms with Gasteiger partial charge in [0.2, 0.25) is 0 Å². The molecule has 1 saturated carbocycles. The van der Waals surface area contributed by atoms with Crippen LogP contribution in [0.5, 0.6) is 0 Å². The molecule has 130 valence electrons. The number of aliphatic carboxylic acids is 1. The molecule has 0 spiro atoms. The standard InChI is InChI=1S/C18H17FN2O4/c19-12-5-7-13(8-6-12)21-10-11(4-9-16(21)22)17(23)20-15-3-1-2-14(15)18(24)25/h4-10,14-15H,1-3H2,(H,20,23)(H,24,25)/t14-,15+/m1/s1. The Morgan fingerprint density at radius 3 is 2.52 bits per heavy atom. The Hall–Kier alpha value is -2.96. The van der Waals surface area contributed by atoms with Crippen molar-refractivity contribution < 1.29 is 19.1 Å². The van der Waals surface area contributed by atoms with Crippen LogP contribution in [0.2, 0.25) is 0 Å². The molecule has 0 radical (unpaired) electrons. The van der Waals surface area contributed by atoms with Crippen molar-refractivity contribution in [1.82, 2.24) is 9.88 Å². The second kappa shape index (κ2) is 6.88. The summed E-state index contributed by atoms with van der Waals surface area (Å²) in [5, 5.41) is 11.9. The maximum atomic E-state index is 13.0.